The number of unbranched alkanes of at least 4 members (excludes halogenated alkanes) is 2. The average molecular weight is 356 g/mol. The van der Waals surface area contributed by atoms with Gasteiger partial charge in [-0.2, -0.15) is 0 Å². The summed E-state index contributed by atoms with van der Waals surface area (Å²) in [4.78, 5) is 31.9. The number of amides is 2. The van der Waals surface area contributed by atoms with Gasteiger partial charge in [0.2, 0.25) is 5.82 Å². The third-order valence-corrected chi connectivity index (χ3v) is 4.91. The van der Waals surface area contributed by atoms with Crippen molar-refractivity contribution in [3.8, 4) is 0 Å². The summed E-state index contributed by atoms with van der Waals surface area (Å²) in [5.74, 6) is 0.0408. The van der Waals surface area contributed by atoms with Crippen molar-refractivity contribution >= 4 is 17.3 Å². The SMILES string of the molecule is CCCCCNC(=O)c1nc(C(=O)N2CCCCCC2)n2ccccc12. The first-order valence-corrected chi connectivity index (χ1v) is 9.77. The van der Waals surface area contributed by atoms with Crippen LogP contribution in [0.3, 0.4) is 0 Å². The molecule has 1 aliphatic heterocycles. The minimum Gasteiger partial charge on any atom is -0.351 e. The van der Waals surface area contributed by atoms with Crippen molar-refractivity contribution in [3.63, 3.8) is 0 Å². The topological polar surface area (TPSA) is 66.7 Å². The summed E-state index contributed by atoms with van der Waals surface area (Å²) >= 11 is 0. The third kappa shape index (κ3) is 4.06. The molecule has 0 aromatic carbocycles. The molecule has 1 aliphatic rings. The predicted octanol–water partition coefficient (Wildman–Crippen LogP) is 3.27. The fraction of sp³-hybridized carbons (Fsp3) is 0.550. The Kier molecular flexibility index (Phi) is 6.26. The van der Waals surface area contributed by atoms with Crippen LogP contribution in [0.4, 0.5) is 0 Å². The van der Waals surface area contributed by atoms with Crippen molar-refractivity contribution in [3.05, 3.63) is 35.9 Å². The number of rotatable bonds is 6. The van der Waals surface area contributed by atoms with Crippen LogP contribution in [-0.2, 0) is 0 Å². The highest BCUT2D eigenvalue weighted by atomic mass is 16.2. The van der Waals surface area contributed by atoms with E-state index in [0.717, 1.165) is 58.0 Å². The van der Waals surface area contributed by atoms with Crippen molar-refractivity contribution in [2.75, 3.05) is 19.6 Å². The molecule has 140 valence electrons. The van der Waals surface area contributed by atoms with E-state index in [-0.39, 0.29) is 11.8 Å². The highest BCUT2D eigenvalue weighted by molar-refractivity contribution is 6.02. The van der Waals surface area contributed by atoms with Gasteiger partial charge in [-0.05, 0) is 31.4 Å². The normalized spacial score (nSPS) is 15.0. The summed E-state index contributed by atoms with van der Waals surface area (Å²) in [6.45, 7) is 4.29. The van der Waals surface area contributed by atoms with Crippen LogP contribution in [0.2, 0.25) is 0 Å². The first-order chi connectivity index (χ1) is 12.7. The van der Waals surface area contributed by atoms with E-state index in [9.17, 15) is 9.59 Å². The van der Waals surface area contributed by atoms with Gasteiger partial charge in [-0.25, -0.2) is 4.98 Å². The molecular weight excluding hydrogens is 328 g/mol. The molecule has 0 saturated carbocycles. The van der Waals surface area contributed by atoms with E-state index < -0.39 is 0 Å². The Hall–Kier alpha value is -2.37. The molecule has 0 spiro atoms. The van der Waals surface area contributed by atoms with Crippen molar-refractivity contribution in [1.29, 1.82) is 0 Å². The number of nitrogens with zero attached hydrogens (tertiary/aromatic N) is 3. The molecular formula is C20H28N4O2. The second-order valence-corrected chi connectivity index (χ2v) is 6.91. The monoisotopic (exact) mass is 356 g/mol. The van der Waals surface area contributed by atoms with Crippen molar-refractivity contribution in [2.45, 2.75) is 51.9 Å². The fourth-order valence-corrected chi connectivity index (χ4v) is 3.43. The number of carbonyl (C=O) groups is 2. The molecule has 26 heavy (non-hydrogen) atoms. The van der Waals surface area contributed by atoms with E-state index in [1.54, 1.807) is 10.6 Å². The Balaban J connectivity index is 1.84. The molecule has 3 rings (SSSR count). The van der Waals surface area contributed by atoms with Gasteiger partial charge in [0, 0.05) is 25.8 Å². The molecule has 1 fully saturated rings. The van der Waals surface area contributed by atoms with E-state index in [0.29, 0.717) is 23.6 Å². The van der Waals surface area contributed by atoms with Gasteiger partial charge in [-0.1, -0.05) is 38.7 Å². The zero-order valence-corrected chi connectivity index (χ0v) is 15.5. The first-order valence-electron chi connectivity index (χ1n) is 9.77. The van der Waals surface area contributed by atoms with Gasteiger partial charge < -0.3 is 10.2 Å². The molecule has 2 aromatic rings. The number of imidazole rings is 1. The molecule has 3 heterocycles. The van der Waals surface area contributed by atoms with E-state index in [4.69, 9.17) is 0 Å². The van der Waals surface area contributed by atoms with E-state index in [1.807, 2.05) is 23.1 Å². The zero-order chi connectivity index (χ0) is 18.4. The molecule has 0 bridgehead atoms. The van der Waals surface area contributed by atoms with Crippen molar-refractivity contribution in [1.82, 2.24) is 19.6 Å². The van der Waals surface area contributed by atoms with Gasteiger partial charge in [0.1, 0.15) is 0 Å². The van der Waals surface area contributed by atoms with Crippen LogP contribution in [0.25, 0.3) is 5.52 Å². The molecule has 0 unspecified atom stereocenters. The van der Waals surface area contributed by atoms with E-state index in [2.05, 4.69) is 17.2 Å². The Morgan fingerprint density at radius 2 is 1.88 bits per heavy atom. The molecule has 0 radical (unpaired) electrons. The Bertz CT molecular complexity index is 760. The summed E-state index contributed by atoms with van der Waals surface area (Å²) in [6, 6.07) is 5.56. The lowest BCUT2D eigenvalue weighted by Crippen LogP contribution is -2.33. The highest BCUT2D eigenvalue weighted by Crippen LogP contribution is 2.17. The summed E-state index contributed by atoms with van der Waals surface area (Å²) in [6.07, 6.45) is 9.34. The molecule has 6 nitrogen and oxygen atoms in total. The van der Waals surface area contributed by atoms with Crippen LogP contribution in [-0.4, -0.2) is 45.7 Å². The molecule has 2 aromatic heterocycles. The molecule has 6 heteroatoms. The number of carbonyl (C=O) groups excluding carboxylic acids is 2. The number of aromatic nitrogens is 2. The lowest BCUT2D eigenvalue weighted by atomic mass is 10.2. The van der Waals surface area contributed by atoms with Crippen molar-refractivity contribution < 1.29 is 9.59 Å². The zero-order valence-electron chi connectivity index (χ0n) is 15.5. The second kappa shape index (κ2) is 8.83. The number of hydrogen-bond acceptors (Lipinski definition) is 3. The maximum absolute atomic E-state index is 13.0. The summed E-state index contributed by atoms with van der Waals surface area (Å²) in [5.41, 5.74) is 1.01. The van der Waals surface area contributed by atoms with Crippen molar-refractivity contribution in [2.24, 2.45) is 0 Å². The largest absolute Gasteiger partial charge is 0.351 e. The van der Waals surface area contributed by atoms with Crippen LogP contribution < -0.4 is 5.32 Å². The lowest BCUT2D eigenvalue weighted by Gasteiger charge is -2.19. The highest BCUT2D eigenvalue weighted by Gasteiger charge is 2.25. The average Bonchev–Trinajstić information content (AvgIpc) is 2.84. The van der Waals surface area contributed by atoms with Crippen LogP contribution >= 0.6 is 0 Å². The number of fused-ring (bicyclic) bond motifs is 1. The van der Waals surface area contributed by atoms with Gasteiger partial charge in [0.15, 0.2) is 5.69 Å². The van der Waals surface area contributed by atoms with Gasteiger partial charge in [-0.3, -0.25) is 14.0 Å². The number of hydrogen-bond donors (Lipinski definition) is 1. The Labute approximate surface area is 154 Å². The molecule has 0 aliphatic carbocycles. The fourth-order valence-electron chi connectivity index (χ4n) is 3.43. The standard InChI is InChI=1S/C20H28N4O2/c1-2-3-7-12-21-19(25)17-16-11-6-10-15-24(16)18(22-17)20(26)23-13-8-4-5-9-14-23/h6,10-11,15H,2-5,7-9,12-14H2,1H3,(H,21,25). The van der Waals surface area contributed by atoms with Crippen LogP contribution in [0.15, 0.2) is 24.4 Å². The minimum absolute atomic E-state index is 0.0851. The number of pyridine rings is 1. The van der Waals surface area contributed by atoms with E-state index >= 15 is 0 Å². The van der Waals surface area contributed by atoms with Gasteiger partial charge in [-0.15, -0.1) is 0 Å². The van der Waals surface area contributed by atoms with E-state index in [1.165, 1.54) is 0 Å². The van der Waals surface area contributed by atoms with Gasteiger partial charge >= 0.3 is 0 Å². The summed E-state index contributed by atoms with van der Waals surface area (Å²) < 4.78 is 1.74. The lowest BCUT2D eigenvalue weighted by molar-refractivity contribution is 0.0748. The third-order valence-electron chi connectivity index (χ3n) is 4.91. The predicted molar refractivity (Wildman–Crippen MR) is 101 cm³/mol. The maximum Gasteiger partial charge on any atom is 0.290 e. The quantitative estimate of drug-likeness (QED) is 0.808. The van der Waals surface area contributed by atoms with Gasteiger partial charge in [0.25, 0.3) is 11.8 Å². The molecule has 1 N–H and O–H groups in total. The Morgan fingerprint density at radius 1 is 1.12 bits per heavy atom. The summed E-state index contributed by atoms with van der Waals surface area (Å²) in [5, 5.41) is 2.93. The van der Waals surface area contributed by atoms with Gasteiger partial charge in [0.05, 0.1) is 5.52 Å². The smallest absolute Gasteiger partial charge is 0.290 e. The molecule has 2 amide bonds. The van der Waals surface area contributed by atoms with Crippen LogP contribution in [0.5, 0.6) is 0 Å². The maximum atomic E-state index is 13.0. The van der Waals surface area contributed by atoms with Crippen LogP contribution in [0.1, 0.15) is 73.0 Å². The number of nitrogens with one attached hydrogen (secondary N) is 1. The van der Waals surface area contributed by atoms with Crippen LogP contribution in [0, 0.1) is 0 Å². The Morgan fingerprint density at radius 3 is 2.62 bits per heavy atom. The minimum atomic E-state index is -0.209. The molecule has 1 saturated heterocycles. The molecule has 0 atom stereocenters. The number of likely N-dealkylation sites (tertiary alicyclic amines) is 1. The second-order valence-electron chi connectivity index (χ2n) is 6.91. The summed E-state index contributed by atoms with van der Waals surface area (Å²) in [7, 11) is 0. The first kappa shape index (κ1) is 18.4.